The third kappa shape index (κ3) is 6.09. The highest BCUT2D eigenvalue weighted by Crippen LogP contribution is 2.55. The smallest absolute Gasteiger partial charge is 0.333 e. The molecule has 12 rings (SSSR count). The van der Waals surface area contributed by atoms with Crippen molar-refractivity contribution in [3.8, 4) is 44.5 Å². The van der Waals surface area contributed by atoms with Crippen LogP contribution < -0.4 is 20.6 Å². The highest BCUT2D eigenvalue weighted by atomic mass is 15.2. The van der Waals surface area contributed by atoms with E-state index in [1.807, 2.05) is 0 Å². The van der Waals surface area contributed by atoms with Crippen molar-refractivity contribution in [2.24, 2.45) is 0 Å². The lowest BCUT2D eigenvalue weighted by atomic mass is 9.43. The quantitative estimate of drug-likeness (QED) is 0.163. The normalized spacial score (nSPS) is 14.4. The van der Waals surface area contributed by atoms with Crippen LogP contribution in [0.4, 0.5) is 28.4 Å². The van der Waals surface area contributed by atoms with E-state index in [1.165, 1.54) is 117 Å². The highest BCUT2D eigenvalue weighted by molar-refractivity contribution is 6.94. The molecule has 2 heterocycles. The Morgan fingerprint density at radius 3 is 1.79 bits per heavy atom. The molecule has 0 bridgehead atoms. The van der Waals surface area contributed by atoms with E-state index >= 15 is 0 Å². The minimum absolute atomic E-state index is 0.0271. The zero-order chi connectivity index (χ0) is 45.3. The Kier molecular flexibility index (Phi) is 8.85. The topological polar surface area (TPSA) is 6.48 Å². The van der Waals surface area contributed by atoms with Crippen molar-refractivity contribution in [3.05, 3.63) is 210 Å². The van der Waals surface area contributed by atoms with E-state index in [0.29, 0.717) is 0 Å². The van der Waals surface area contributed by atoms with Gasteiger partial charge in [-0.2, -0.15) is 0 Å². The van der Waals surface area contributed by atoms with Gasteiger partial charge in [0.1, 0.15) is 0 Å². The van der Waals surface area contributed by atoms with Gasteiger partial charge in [0.05, 0.1) is 5.69 Å². The second-order valence-electron chi connectivity index (χ2n) is 21.4. The van der Waals surface area contributed by atoms with Crippen LogP contribution in [0.1, 0.15) is 77.6 Å². The first-order valence-electron chi connectivity index (χ1n) is 23.7. The summed E-state index contributed by atoms with van der Waals surface area (Å²) in [6.07, 6.45) is 0. The van der Waals surface area contributed by atoms with E-state index in [2.05, 4.69) is 253 Å². The van der Waals surface area contributed by atoms with Crippen LogP contribution in [0.2, 0.25) is 0 Å². The van der Waals surface area contributed by atoms with Crippen molar-refractivity contribution >= 4 is 57.0 Å². The zero-order valence-corrected chi connectivity index (χ0v) is 39.4. The lowest BCUT2D eigenvalue weighted by molar-refractivity contribution is 0.590. The van der Waals surface area contributed by atoms with Crippen LogP contribution in [0.5, 0.6) is 0 Å². The van der Waals surface area contributed by atoms with Gasteiger partial charge in [0.15, 0.2) is 0 Å². The molecule has 2 aliphatic heterocycles. The number of anilines is 5. The highest BCUT2D eigenvalue weighted by Gasteiger charge is 2.48. The van der Waals surface area contributed by atoms with Crippen molar-refractivity contribution in [3.63, 3.8) is 0 Å². The summed E-state index contributed by atoms with van der Waals surface area (Å²) in [5, 5.41) is 2.51. The van der Waals surface area contributed by atoms with Crippen LogP contribution in [0.3, 0.4) is 0 Å². The number of hydrogen-bond donors (Lipinski definition) is 0. The molecule has 0 saturated heterocycles. The van der Waals surface area contributed by atoms with Gasteiger partial charge < -0.3 is 9.71 Å². The van der Waals surface area contributed by atoms with E-state index in [9.17, 15) is 0 Å². The maximum Gasteiger partial charge on any atom is 0.333 e. The molecule has 66 heavy (non-hydrogen) atoms. The van der Waals surface area contributed by atoms with Crippen LogP contribution in [0.25, 0.3) is 55.3 Å². The molecule has 0 atom stereocenters. The van der Waals surface area contributed by atoms with E-state index in [1.54, 1.807) is 0 Å². The average Bonchev–Trinajstić information content (AvgIpc) is 3.55. The average molecular weight is 851 g/mol. The van der Waals surface area contributed by atoms with Gasteiger partial charge in [-0.1, -0.05) is 195 Å². The van der Waals surface area contributed by atoms with Gasteiger partial charge in [0, 0.05) is 39.3 Å². The van der Waals surface area contributed by atoms with E-state index < -0.39 is 0 Å². The van der Waals surface area contributed by atoms with Gasteiger partial charge in [-0.25, -0.2) is 0 Å². The molecule has 1 aliphatic carbocycles. The number of benzene rings is 9. The fraction of sp³-hybridized carbons (Fsp3) is 0.175. The molecule has 0 N–H and O–H groups in total. The van der Waals surface area contributed by atoms with Crippen molar-refractivity contribution in [1.29, 1.82) is 0 Å². The molecule has 0 fully saturated rings. The van der Waals surface area contributed by atoms with Crippen molar-refractivity contribution in [2.75, 3.05) is 9.71 Å². The Bertz CT molecular complexity index is 3410. The molecule has 0 amide bonds. The van der Waals surface area contributed by atoms with Gasteiger partial charge in [-0.3, -0.25) is 0 Å². The number of rotatable bonds is 4. The number of fused-ring (bicyclic) bond motifs is 9. The van der Waals surface area contributed by atoms with Gasteiger partial charge >= 0.3 is 6.85 Å². The monoisotopic (exact) mass is 850 g/mol. The predicted molar refractivity (Wildman–Crippen MR) is 284 cm³/mol. The molecule has 3 aliphatic rings. The molecule has 9 aromatic carbocycles. The first-order chi connectivity index (χ1) is 31.8. The molecule has 0 saturated carbocycles. The maximum absolute atomic E-state index is 2.67. The lowest BCUT2D eigenvalue weighted by Crippen LogP contribution is -2.61. The Hall–Kier alpha value is -7.10. The molecule has 320 valence electrons. The van der Waals surface area contributed by atoms with Crippen molar-refractivity contribution in [2.45, 2.75) is 71.6 Å². The molecular weight excluding hydrogens is 796 g/mol. The summed E-state index contributed by atoms with van der Waals surface area (Å²) in [6, 6.07) is 71.7. The summed E-state index contributed by atoms with van der Waals surface area (Å²) in [7, 11) is 0. The van der Waals surface area contributed by atoms with E-state index in [-0.39, 0.29) is 23.1 Å². The molecule has 9 aromatic rings. The molecule has 0 unspecified atom stereocenters. The zero-order valence-electron chi connectivity index (χ0n) is 39.4. The second kappa shape index (κ2) is 14.5. The van der Waals surface area contributed by atoms with Crippen LogP contribution in [0.15, 0.2) is 188 Å². The molecular formula is C63H55BN2. The minimum Gasteiger partial charge on any atom is -0.376 e. The van der Waals surface area contributed by atoms with Crippen molar-refractivity contribution < 1.29 is 0 Å². The van der Waals surface area contributed by atoms with Crippen molar-refractivity contribution in [1.82, 2.24) is 0 Å². The Morgan fingerprint density at radius 1 is 0.424 bits per heavy atom. The fourth-order valence-corrected chi connectivity index (χ4v) is 11.4. The maximum atomic E-state index is 2.67. The summed E-state index contributed by atoms with van der Waals surface area (Å²) in [5.41, 5.74) is 24.0. The first kappa shape index (κ1) is 40.4. The molecule has 0 spiro atoms. The van der Waals surface area contributed by atoms with Gasteiger partial charge in [0.25, 0.3) is 0 Å². The predicted octanol–water partition coefficient (Wildman–Crippen LogP) is 15.8. The van der Waals surface area contributed by atoms with E-state index in [4.69, 9.17) is 0 Å². The van der Waals surface area contributed by atoms with Gasteiger partial charge in [-0.15, -0.1) is 0 Å². The largest absolute Gasteiger partial charge is 0.376 e. The number of hydrogen-bond acceptors (Lipinski definition) is 2. The van der Waals surface area contributed by atoms with Gasteiger partial charge in [-0.05, 0) is 137 Å². The van der Waals surface area contributed by atoms with Crippen LogP contribution in [-0.2, 0) is 16.2 Å². The van der Waals surface area contributed by atoms with E-state index in [0.717, 1.165) is 0 Å². The molecule has 3 heteroatoms. The third-order valence-electron chi connectivity index (χ3n) is 14.9. The van der Waals surface area contributed by atoms with Crippen LogP contribution >= 0.6 is 0 Å². The summed E-state index contributed by atoms with van der Waals surface area (Å²) in [5.74, 6) is 0. The van der Waals surface area contributed by atoms with Gasteiger partial charge in [0.2, 0.25) is 0 Å². The third-order valence-corrected chi connectivity index (χ3v) is 14.9. The summed E-state index contributed by atoms with van der Waals surface area (Å²) < 4.78 is 0. The Morgan fingerprint density at radius 2 is 1.06 bits per heavy atom. The molecule has 0 aromatic heterocycles. The first-order valence-corrected chi connectivity index (χ1v) is 23.7. The number of nitrogens with zero attached hydrogens (tertiary/aromatic N) is 2. The molecule has 0 radical (unpaired) electrons. The lowest BCUT2D eigenvalue weighted by Gasteiger charge is -2.47. The summed E-state index contributed by atoms with van der Waals surface area (Å²) >= 11 is 0. The minimum atomic E-state index is -0.185. The second-order valence-corrected chi connectivity index (χ2v) is 21.4. The standard InChI is InChI=1S/C63H55BN2/c1-61(2,3)44-28-31-46(32-29-44)66-56-33-27-42(40-19-11-9-12-20-40)35-51(56)59-47-24-16-15-23-43(47)36-58-60(59)64(66)54-38-50-48-25-17-18-26-52(48)63(7,8)53(50)39-57(54)65(58)55-34-30-45(62(4,5)6)37-49(55)41-21-13-10-14-22-41/h9-39H,1-8H3. The summed E-state index contributed by atoms with van der Waals surface area (Å²) in [6.45, 7) is 18.6. The van der Waals surface area contributed by atoms with Crippen LogP contribution in [-0.4, -0.2) is 6.85 Å². The molecule has 2 nitrogen and oxygen atoms in total. The Balaban J connectivity index is 1.24. The Labute approximate surface area is 391 Å². The fourth-order valence-electron chi connectivity index (χ4n) is 11.4. The van der Waals surface area contributed by atoms with Crippen LogP contribution in [0, 0.1) is 0 Å². The SMILES string of the molecule is CC(C)(C)c1ccc(N2B3c4cc5c(cc4N(c4ccc(C(C)(C)C)cc4-c4ccccc4)c4cc6ccccc6c(c43)-c3cc(-c4ccccc4)ccc32)C(C)(C)c2ccccc2-5)cc1. The summed E-state index contributed by atoms with van der Waals surface area (Å²) in [4.78, 5) is 5.32.